The minimum atomic E-state index is -1.23. The number of hydrogen-bond donors (Lipinski definition) is 1. The van der Waals surface area contributed by atoms with Gasteiger partial charge in [-0.2, -0.15) is 0 Å². The summed E-state index contributed by atoms with van der Waals surface area (Å²) in [5, 5.41) is 18.3. The van der Waals surface area contributed by atoms with Crippen LogP contribution in [0, 0.1) is 0 Å². The van der Waals surface area contributed by atoms with Gasteiger partial charge in [-0.25, -0.2) is 0 Å². The third kappa shape index (κ3) is 80.8. The zero-order chi connectivity index (χ0) is 12.9. The van der Waals surface area contributed by atoms with Crippen molar-refractivity contribution in [2.45, 2.75) is 0 Å². The van der Waals surface area contributed by atoms with Gasteiger partial charge in [0, 0.05) is 0 Å². The van der Waals surface area contributed by atoms with Crippen LogP contribution >= 0.6 is 0 Å². The number of hydrogen-bond acceptors (Lipinski definition) is 5. The quantitative estimate of drug-likeness (QED) is 0.388. The van der Waals surface area contributed by atoms with Crippen LogP contribution in [0.15, 0.2) is 38.0 Å². The van der Waals surface area contributed by atoms with Crippen LogP contribution in [0.1, 0.15) is 0 Å². The first-order valence-electron chi connectivity index (χ1n) is 3.40. The number of rotatable bonds is 3. The van der Waals surface area contributed by atoms with E-state index in [9.17, 15) is 4.79 Å². The number of amides is 1. The molecule has 16 heavy (non-hydrogen) atoms. The molecule has 0 aromatic heterocycles. The van der Waals surface area contributed by atoms with E-state index in [2.05, 4.69) is 25.5 Å². The molecule has 2 radical (unpaired) electrons. The van der Waals surface area contributed by atoms with Crippen LogP contribution in [0.4, 0.5) is 0 Å². The molecule has 0 aromatic rings. The molecule has 0 unspecified atom stereocenters. The van der Waals surface area contributed by atoms with Crippen molar-refractivity contribution in [3.05, 3.63) is 38.0 Å². The molecule has 6 nitrogen and oxygen atoms in total. The Morgan fingerprint density at radius 3 is 1.00 bits per heavy atom. The average molecular weight is 420 g/mol. The molecular formula is C9H11NO5Pb. The smallest absolute Gasteiger partial charge is 0.545 e. The summed E-state index contributed by atoms with van der Waals surface area (Å²) in [4.78, 5) is 27.8. The molecule has 0 aromatic carbocycles. The van der Waals surface area contributed by atoms with Gasteiger partial charge in [0.05, 0.1) is 11.9 Å². The Labute approximate surface area is 113 Å². The molecule has 0 aliphatic heterocycles. The van der Waals surface area contributed by atoms with Gasteiger partial charge in [-0.05, 0) is 18.2 Å². The molecule has 0 rings (SSSR count). The summed E-state index contributed by atoms with van der Waals surface area (Å²) in [5.41, 5.74) is 4.53. The van der Waals surface area contributed by atoms with E-state index in [1.54, 1.807) is 0 Å². The number of carboxylic acids is 2. The fraction of sp³-hybridized carbons (Fsp3) is 0. The molecule has 0 aliphatic carbocycles. The van der Waals surface area contributed by atoms with E-state index in [0.717, 1.165) is 18.2 Å². The van der Waals surface area contributed by atoms with Gasteiger partial charge in [0.25, 0.3) is 0 Å². The summed E-state index contributed by atoms with van der Waals surface area (Å²) in [5.74, 6) is -2.94. The fourth-order valence-electron chi connectivity index (χ4n) is 0. The van der Waals surface area contributed by atoms with Crippen LogP contribution in [0.2, 0.25) is 0 Å². The van der Waals surface area contributed by atoms with Gasteiger partial charge < -0.3 is 25.5 Å². The Morgan fingerprint density at radius 1 is 0.875 bits per heavy atom. The first-order valence-corrected chi connectivity index (χ1v) is 3.40. The van der Waals surface area contributed by atoms with Gasteiger partial charge >= 0.3 is 27.3 Å². The molecule has 7 heteroatoms. The second kappa shape index (κ2) is 19.2. The number of carbonyl (C=O) groups excluding carboxylic acids is 3. The van der Waals surface area contributed by atoms with Crippen LogP contribution in [0.3, 0.4) is 0 Å². The molecule has 0 bridgehead atoms. The fourth-order valence-corrected chi connectivity index (χ4v) is 0. The van der Waals surface area contributed by atoms with Gasteiger partial charge in [-0.3, -0.25) is 4.79 Å². The summed E-state index contributed by atoms with van der Waals surface area (Å²) >= 11 is 0. The van der Waals surface area contributed by atoms with Gasteiger partial charge in [0.15, 0.2) is 0 Å². The number of carboxylic acid groups (broad SMARTS) is 2. The second-order valence-corrected chi connectivity index (χ2v) is 1.65. The van der Waals surface area contributed by atoms with Crippen LogP contribution < -0.4 is 15.9 Å². The van der Waals surface area contributed by atoms with Gasteiger partial charge in [0.1, 0.15) is 0 Å². The van der Waals surface area contributed by atoms with Crippen molar-refractivity contribution >= 4 is 45.1 Å². The van der Waals surface area contributed by atoms with E-state index in [0.29, 0.717) is 0 Å². The summed E-state index contributed by atoms with van der Waals surface area (Å²) in [6, 6.07) is 0. The van der Waals surface area contributed by atoms with Crippen LogP contribution in [-0.4, -0.2) is 45.1 Å². The maximum absolute atomic E-state index is 9.47. The standard InChI is InChI=1S/C3H5NO.2C3H4O2.Pb/c3*1-2-3(4)5;/h2H,1H2,(H2,4,5);2*2H,1H2,(H,4,5);/q;;;+2/p-2. The minimum absolute atomic E-state index is 0. The molecule has 0 aliphatic rings. The van der Waals surface area contributed by atoms with E-state index in [-0.39, 0.29) is 27.3 Å². The minimum Gasteiger partial charge on any atom is -0.545 e. The van der Waals surface area contributed by atoms with E-state index >= 15 is 0 Å². The number of carbonyl (C=O) groups is 3. The van der Waals surface area contributed by atoms with E-state index < -0.39 is 17.8 Å². The first-order chi connectivity index (χ1) is 6.81. The maximum Gasteiger partial charge on any atom is 2.00 e. The molecule has 0 spiro atoms. The zero-order valence-electron chi connectivity index (χ0n) is 8.47. The Bertz CT molecular complexity index is 220. The molecule has 0 atom stereocenters. The Kier molecular flexibility index (Phi) is 28.8. The summed E-state index contributed by atoms with van der Waals surface area (Å²) in [7, 11) is 0. The van der Waals surface area contributed by atoms with Gasteiger partial charge in [-0.15, -0.1) is 0 Å². The van der Waals surface area contributed by atoms with Crippen molar-refractivity contribution in [3.63, 3.8) is 0 Å². The third-order valence-electron chi connectivity index (χ3n) is 0.535. The van der Waals surface area contributed by atoms with E-state index in [4.69, 9.17) is 19.8 Å². The molecule has 1 amide bonds. The van der Waals surface area contributed by atoms with Crippen molar-refractivity contribution in [2.24, 2.45) is 5.73 Å². The average Bonchev–Trinajstić information content (AvgIpc) is 2.19. The van der Waals surface area contributed by atoms with E-state index in [1.165, 1.54) is 0 Å². The molecule has 2 N–H and O–H groups in total. The van der Waals surface area contributed by atoms with Crippen molar-refractivity contribution in [1.29, 1.82) is 0 Å². The summed E-state index contributed by atoms with van der Waals surface area (Å²) in [6.45, 7) is 8.88. The Morgan fingerprint density at radius 2 is 1.00 bits per heavy atom. The maximum atomic E-state index is 9.47. The molecule has 0 heterocycles. The number of primary amides is 1. The zero-order valence-corrected chi connectivity index (χ0v) is 12.4. The van der Waals surface area contributed by atoms with Gasteiger partial charge in [0.2, 0.25) is 5.91 Å². The van der Waals surface area contributed by atoms with Crippen molar-refractivity contribution < 1.29 is 24.6 Å². The Balaban J connectivity index is -0.0000000655. The molecular weight excluding hydrogens is 409 g/mol. The molecule has 0 fully saturated rings. The van der Waals surface area contributed by atoms with Crippen molar-refractivity contribution in [1.82, 2.24) is 0 Å². The second-order valence-electron chi connectivity index (χ2n) is 1.65. The SMILES string of the molecule is C=CC(=O)[O-].C=CC(=O)[O-].C=CC(N)=O.[Pb+2]. The summed E-state index contributed by atoms with van der Waals surface area (Å²) in [6.07, 6.45) is 2.50. The van der Waals surface area contributed by atoms with E-state index in [1.807, 2.05) is 0 Å². The summed E-state index contributed by atoms with van der Waals surface area (Å²) < 4.78 is 0. The van der Waals surface area contributed by atoms with Crippen LogP contribution in [-0.2, 0) is 14.4 Å². The monoisotopic (exact) mass is 421 g/mol. The molecule has 0 saturated heterocycles. The van der Waals surface area contributed by atoms with Gasteiger partial charge in [-0.1, -0.05) is 19.7 Å². The van der Waals surface area contributed by atoms with Crippen LogP contribution in [0.25, 0.3) is 0 Å². The number of nitrogens with two attached hydrogens (primary N) is 1. The van der Waals surface area contributed by atoms with Crippen molar-refractivity contribution in [2.75, 3.05) is 0 Å². The van der Waals surface area contributed by atoms with Crippen LogP contribution in [0.5, 0.6) is 0 Å². The number of aliphatic carboxylic acids is 2. The predicted octanol–water partition coefficient (Wildman–Crippen LogP) is -2.88. The third-order valence-corrected chi connectivity index (χ3v) is 0.535. The largest absolute Gasteiger partial charge is 2.00 e. The topological polar surface area (TPSA) is 123 Å². The normalized spacial score (nSPS) is 6.00. The first kappa shape index (κ1) is 24.0. The predicted molar refractivity (Wildman–Crippen MR) is 55.6 cm³/mol. The van der Waals surface area contributed by atoms with Crippen molar-refractivity contribution in [3.8, 4) is 0 Å². The Hall–Kier alpha value is -1.45. The molecule has 86 valence electrons. The molecule has 0 saturated carbocycles.